The third-order valence-corrected chi connectivity index (χ3v) is 6.45. The molecule has 0 aliphatic carbocycles. The first-order valence-electron chi connectivity index (χ1n) is 10.6. The molecule has 34 heavy (non-hydrogen) atoms. The van der Waals surface area contributed by atoms with Crippen LogP contribution in [0.1, 0.15) is 39.5 Å². The third kappa shape index (κ3) is 4.04. The number of aromatic nitrogens is 1. The van der Waals surface area contributed by atoms with Crippen molar-refractivity contribution in [2.75, 3.05) is 4.90 Å². The van der Waals surface area contributed by atoms with Gasteiger partial charge in [-0.05, 0) is 73.7 Å². The Balaban J connectivity index is 1.61. The van der Waals surface area contributed by atoms with Crippen molar-refractivity contribution in [3.8, 4) is 11.3 Å². The number of anilines is 1. The summed E-state index contributed by atoms with van der Waals surface area (Å²) in [5.41, 5.74) is 3.54. The van der Waals surface area contributed by atoms with Gasteiger partial charge in [0.1, 0.15) is 17.6 Å². The fourth-order valence-corrected chi connectivity index (χ4v) is 4.69. The molecule has 3 heterocycles. The Morgan fingerprint density at radius 1 is 1.12 bits per heavy atom. The summed E-state index contributed by atoms with van der Waals surface area (Å²) in [6.45, 7) is 2.03. The summed E-state index contributed by atoms with van der Waals surface area (Å²) < 4.78 is 6.30. The molecular formula is C26H20ClN3O3S. The van der Waals surface area contributed by atoms with Crippen LogP contribution in [0.2, 0.25) is 5.02 Å². The number of carboxylic acid groups (broad SMARTS) is 1. The van der Waals surface area contributed by atoms with Gasteiger partial charge in [0.05, 0.1) is 22.3 Å². The molecule has 2 aromatic carbocycles. The summed E-state index contributed by atoms with van der Waals surface area (Å²) in [6, 6.07) is 21.5. The Morgan fingerprint density at radius 2 is 1.91 bits per heavy atom. The lowest BCUT2D eigenvalue weighted by Crippen LogP contribution is -2.29. The molecule has 0 amide bonds. The number of aromatic carboxylic acids is 1. The number of nitrogens with zero attached hydrogens (tertiary/aromatic N) is 2. The smallest absolute Gasteiger partial charge is 0.335 e. The molecule has 0 spiro atoms. The quantitative estimate of drug-likeness (QED) is 0.324. The first kappa shape index (κ1) is 22.1. The third-order valence-electron chi connectivity index (χ3n) is 5.81. The molecule has 5 rings (SSSR count). The van der Waals surface area contributed by atoms with E-state index in [0.717, 1.165) is 16.9 Å². The maximum absolute atomic E-state index is 11.5. The van der Waals surface area contributed by atoms with Crippen molar-refractivity contribution in [1.29, 1.82) is 0 Å². The number of hydrogen-bond acceptors (Lipinski definition) is 4. The summed E-state index contributed by atoms with van der Waals surface area (Å²) in [6.07, 6.45) is 1.75. The first-order chi connectivity index (χ1) is 16.4. The average molecular weight is 490 g/mol. The van der Waals surface area contributed by atoms with Crippen molar-refractivity contribution >= 4 is 40.6 Å². The van der Waals surface area contributed by atoms with Gasteiger partial charge in [0.25, 0.3) is 0 Å². The van der Waals surface area contributed by atoms with Gasteiger partial charge in [-0.1, -0.05) is 35.4 Å². The molecule has 0 saturated carbocycles. The van der Waals surface area contributed by atoms with Crippen LogP contribution in [0.4, 0.5) is 5.69 Å². The second-order valence-corrected chi connectivity index (χ2v) is 8.83. The van der Waals surface area contributed by atoms with Gasteiger partial charge in [-0.25, -0.2) is 4.79 Å². The molecule has 2 N–H and O–H groups in total. The van der Waals surface area contributed by atoms with Gasteiger partial charge in [0.2, 0.25) is 0 Å². The first-order valence-corrected chi connectivity index (χ1v) is 11.4. The second-order valence-electron chi connectivity index (χ2n) is 8.03. The summed E-state index contributed by atoms with van der Waals surface area (Å²) in [4.78, 5) is 18.0. The number of hydrogen-bond donors (Lipinski definition) is 2. The van der Waals surface area contributed by atoms with E-state index in [1.165, 1.54) is 12.1 Å². The van der Waals surface area contributed by atoms with Crippen molar-refractivity contribution in [2.45, 2.75) is 19.0 Å². The van der Waals surface area contributed by atoms with E-state index in [9.17, 15) is 9.90 Å². The minimum Gasteiger partial charge on any atom is -0.478 e. The standard InChI is InChI=1S/C26H20ClN3O3S/c1-15-5-8-17(9-6-15)30-24(23(29-26(30)34)20-4-2-3-13-28-20)22-12-11-21(33-22)18-14-16(25(31)32)7-10-19(18)27/h2-14,23-24H,1H3,(H,29,34)(H,31,32)/t23-,24+/m0/s1. The number of nitrogens with one attached hydrogen (secondary N) is 1. The van der Waals surface area contributed by atoms with Crippen LogP contribution in [0.3, 0.4) is 0 Å². The van der Waals surface area contributed by atoms with Crippen LogP contribution in [0.25, 0.3) is 11.3 Å². The molecule has 6 nitrogen and oxygen atoms in total. The maximum atomic E-state index is 11.5. The van der Waals surface area contributed by atoms with Crippen LogP contribution in [0.15, 0.2) is 83.4 Å². The molecule has 1 aliphatic rings. The molecule has 4 aromatic rings. The van der Waals surface area contributed by atoms with Crippen molar-refractivity contribution in [1.82, 2.24) is 10.3 Å². The van der Waals surface area contributed by atoms with Crippen LogP contribution in [-0.2, 0) is 0 Å². The van der Waals surface area contributed by atoms with Crippen LogP contribution in [0, 0.1) is 6.92 Å². The number of halogens is 1. The zero-order valence-electron chi connectivity index (χ0n) is 18.1. The molecule has 2 aromatic heterocycles. The number of carboxylic acids is 1. The van der Waals surface area contributed by atoms with Gasteiger partial charge in [-0.15, -0.1) is 0 Å². The van der Waals surface area contributed by atoms with Crippen LogP contribution < -0.4 is 10.2 Å². The highest BCUT2D eigenvalue weighted by atomic mass is 35.5. The van der Waals surface area contributed by atoms with E-state index in [2.05, 4.69) is 10.3 Å². The van der Waals surface area contributed by atoms with E-state index in [-0.39, 0.29) is 17.6 Å². The number of benzene rings is 2. The number of furan rings is 1. The van der Waals surface area contributed by atoms with Crippen molar-refractivity contribution in [2.24, 2.45) is 0 Å². The largest absolute Gasteiger partial charge is 0.478 e. The monoisotopic (exact) mass is 489 g/mol. The highest BCUT2D eigenvalue weighted by molar-refractivity contribution is 7.80. The Labute approximate surface area is 206 Å². The molecule has 1 saturated heterocycles. The number of aryl methyl sites for hydroxylation is 1. The minimum atomic E-state index is -1.03. The lowest BCUT2D eigenvalue weighted by atomic mass is 10.0. The van der Waals surface area contributed by atoms with E-state index in [1.54, 1.807) is 18.3 Å². The minimum absolute atomic E-state index is 0.133. The number of carbonyl (C=O) groups is 1. The van der Waals surface area contributed by atoms with Crippen molar-refractivity contribution < 1.29 is 14.3 Å². The topological polar surface area (TPSA) is 78.6 Å². The van der Waals surface area contributed by atoms with Crippen molar-refractivity contribution in [3.63, 3.8) is 0 Å². The number of rotatable bonds is 5. The second kappa shape index (κ2) is 8.93. The zero-order chi connectivity index (χ0) is 23.8. The Morgan fingerprint density at radius 3 is 2.62 bits per heavy atom. The molecule has 1 aliphatic heterocycles. The predicted octanol–water partition coefficient (Wildman–Crippen LogP) is 6.18. The fourth-order valence-electron chi connectivity index (χ4n) is 4.13. The van der Waals surface area contributed by atoms with Gasteiger partial charge >= 0.3 is 5.97 Å². The highest BCUT2D eigenvalue weighted by Crippen LogP contribution is 2.43. The van der Waals surface area contributed by atoms with Crippen LogP contribution in [-0.4, -0.2) is 21.2 Å². The van der Waals surface area contributed by atoms with E-state index in [0.29, 0.717) is 27.2 Å². The normalized spacial score (nSPS) is 17.6. The van der Waals surface area contributed by atoms with E-state index in [1.807, 2.05) is 60.4 Å². The van der Waals surface area contributed by atoms with Gasteiger partial charge in [-0.2, -0.15) is 0 Å². The highest BCUT2D eigenvalue weighted by Gasteiger charge is 2.42. The summed E-state index contributed by atoms with van der Waals surface area (Å²) in [5.74, 6) is 0.0933. The van der Waals surface area contributed by atoms with Gasteiger partial charge < -0.3 is 19.7 Å². The summed E-state index contributed by atoms with van der Waals surface area (Å²) in [5, 5.41) is 13.8. The maximum Gasteiger partial charge on any atom is 0.335 e. The SMILES string of the molecule is Cc1ccc(N2C(=S)N[C@@H](c3ccccn3)[C@H]2c2ccc(-c3cc(C(=O)O)ccc3Cl)o2)cc1. The van der Waals surface area contributed by atoms with E-state index >= 15 is 0 Å². The molecule has 170 valence electrons. The molecule has 0 bridgehead atoms. The molecular weight excluding hydrogens is 470 g/mol. The van der Waals surface area contributed by atoms with Crippen LogP contribution >= 0.6 is 23.8 Å². The number of pyridine rings is 1. The Bertz CT molecular complexity index is 1370. The average Bonchev–Trinajstić information content (AvgIpc) is 3.45. The van der Waals surface area contributed by atoms with Gasteiger partial charge in [0, 0.05) is 17.4 Å². The fraction of sp³-hybridized carbons (Fsp3) is 0.115. The van der Waals surface area contributed by atoms with E-state index < -0.39 is 5.97 Å². The lowest BCUT2D eigenvalue weighted by Gasteiger charge is -2.26. The Kier molecular flexibility index (Phi) is 5.81. The van der Waals surface area contributed by atoms with Crippen LogP contribution in [0.5, 0.6) is 0 Å². The lowest BCUT2D eigenvalue weighted by molar-refractivity contribution is 0.0697. The molecule has 8 heteroatoms. The molecule has 0 radical (unpaired) electrons. The zero-order valence-corrected chi connectivity index (χ0v) is 19.7. The van der Waals surface area contributed by atoms with E-state index in [4.69, 9.17) is 28.2 Å². The Hall–Kier alpha value is -3.68. The number of thiocarbonyl (C=S) groups is 1. The predicted molar refractivity (Wildman–Crippen MR) is 135 cm³/mol. The van der Waals surface area contributed by atoms with Gasteiger partial charge in [-0.3, -0.25) is 4.98 Å². The van der Waals surface area contributed by atoms with Crippen molar-refractivity contribution in [3.05, 3.63) is 107 Å². The summed E-state index contributed by atoms with van der Waals surface area (Å²) in [7, 11) is 0. The molecule has 2 atom stereocenters. The summed E-state index contributed by atoms with van der Waals surface area (Å²) >= 11 is 12.1. The molecule has 1 fully saturated rings. The van der Waals surface area contributed by atoms with Gasteiger partial charge in [0.15, 0.2) is 5.11 Å². The molecule has 0 unspecified atom stereocenters.